The molecule has 0 aliphatic rings. The minimum Gasteiger partial charge on any atom is -0.464 e. The Morgan fingerprint density at radius 2 is 2.08 bits per heavy atom. The second kappa shape index (κ2) is 8.98. The van der Waals surface area contributed by atoms with Gasteiger partial charge in [-0.15, -0.1) is 11.3 Å². The number of ether oxygens (including phenoxy) is 1. The van der Waals surface area contributed by atoms with Crippen molar-refractivity contribution in [3.8, 4) is 0 Å². The molecule has 0 spiro atoms. The quantitative estimate of drug-likeness (QED) is 0.619. The average Bonchev–Trinajstić information content (AvgIpc) is 2.99. The van der Waals surface area contributed by atoms with Crippen molar-refractivity contribution in [1.82, 2.24) is 10.3 Å². The Balaban J connectivity index is 2.02. The minimum absolute atomic E-state index is 0.274. The molecule has 0 saturated heterocycles. The van der Waals surface area contributed by atoms with Crippen LogP contribution in [0.4, 0.5) is 0 Å². The molecule has 0 saturated carbocycles. The number of hydrogen-bond donors (Lipinski definition) is 1. The molecule has 5 nitrogen and oxygen atoms in total. The number of carbonyl (C=O) groups excluding carboxylic acids is 2. The van der Waals surface area contributed by atoms with Crippen molar-refractivity contribution in [3.05, 3.63) is 58.1 Å². The molecule has 1 aromatic heterocycles. The zero-order chi connectivity index (χ0) is 17.4. The van der Waals surface area contributed by atoms with Gasteiger partial charge in [0.2, 0.25) is 5.91 Å². The monoisotopic (exact) mass is 344 g/mol. The van der Waals surface area contributed by atoms with Gasteiger partial charge < -0.3 is 10.1 Å². The van der Waals surface area contributed by atoms with Crippen LogP contribution in [0.3, 0.4) is 0 Å². The van der Waals surface area contributed by atoms with E-state index in [1.807, 2.05) is 37.3 Å². The molecule has 6 heteroatoms. The van der Waals surface area contributed by atoms with E-state index in [4.69, 9.17) is 4.74 Å². The molecule has 1 N–H and O–H groups in total. The number of aryl methyl sites for hydroxylation is 1. The third-order valence-electron chi connectivity index (χ3n) is 3.21. The Morgan fingerprint density at radius 3 is 2.71 bits per heavy atom. The molecular weight excluding hydrogens is 324 g/mol. The molecule has 0 aliphatic carbocycles. The van der Waals surface area contributed by atoms with Crippen molar-refractivity contribution in [1.29, 1.82) is 0 Å². The fourth-order valence-electron chi connectivity index (χ4n) is 2.12. The van der Waals surface area contributed by atoms with E-state index in [0.29, 0.717) is 6.42 Å². The molecular formula is C18H20N2O3S. The summed E-state index contributed by atoms with van der Waals surface area (Å²) in [5.41, 5.74) is 0.956. The van der Waals surface area contributed by atoms with Crippen LogP contribution in [-0.2, 0) is 20.7 Å². The number of esters is 1. The Labute approximate surface area is 145 Å². The van der Waals surface area contributed by atoms with E-state index in [-0.39, 0.29) is 12.5 Å². The molecule has 2 aromatic rings. The number of aromatic nitrogens is 1. The van der Waals surface area contributed by atoms with Gasteiger partial charge in [-0.25, -0.2) is 9.78 Å². The summed E-state index contributed by atoms with van der Waals surface area (Å²) in [6.45, 7) is 3.92. The zero-order valence-electron chi connectivity index (χ0n) is 13.7. The number of nitrogens with one attached hydrogen (secondary N) is 1. The molecule has 24 heavy (non-hydrogen) atoms. The van der Waals surface area contributed by atoms with Gasteiger partial charge in [0.1, 0.15) is 6.04 Å². The van der Waals surface area contributed by atoms with Crippen LogP contribution in [0, 0.1) is 6.92 Å². The molecule has 126 valence electrons. The molecule has 1 amide bonds. The van der Waals surface area contributed by atoms with E-state index in [2.05, 4.69) is 10.3 Å². The lowest BCUT2D eigenvalue weighted by molar-refractivity contribution is -0.146. The molecule has 1 aromatic carbocycles. The van der Waals surface area contributed by atoms with Crippen LogP contribution < -0.4 is 5.32 Å². The maximum Gasteiger partial charge on any atom is 0.328 e. The summed E-state index contributed by atoms with van der Waals surface area (Å²) in [6.07, 6.45) is 5.18. The number of rotatable bonds is 7. The first-order valence-corrected chi connectivity index (χ1v) is 8.51. The van der Waals surface area contributed by atoms with E-state index >= 15 is 0 Å². The van der Waals surface area contributed by atoms with E-state index in [1.165, 1.54) is 17.4 Å². The van der Waals surface area contributed by atoms with E-state index in [9.17, 15) is 9.59 Å². The lowest BCUT2D eigenvalue weighted by Gasteiger charge is -2.16. The van der Waals surface area contributed by atoms with Gasteiger partial charge in [0, 0.05) is 23.6 Å². The van der Waals surface area contributed by atoms with E-state index in [0.717, 1.165) is 15.4 Å². The van der Waals surface area contributed by atoms with Gasteiger partial charge in [0.25, 0.3) is 0 Å². The number of nitrogens with zero attached hydrogens (tertiary/aromatic N) is 1. The van der Waals surface area contributed by atoms with Gasteiger partial charge in [-0.05, 0) is 25.5 Å². The SMILES string of the molecule is CCOC(=O)[C@@H](Cc1ccccc1)NC(=O)/C=C\c1cnc(C)s1. The minimum atomic E-state index is -0.715. The van der Waals surface area contributed by atoms with Crippen molar-refractivity contribution in [2.75, 3.05) is 6.61 Å². The molecule has 2 rings (SSSR count). The largest absolute Gasteiger partial charge is 0.464 e. The van der Waals surface area contributed by atoms with Crippen LogP contribution in [0.15, 0.2) is 42.6 Å². The van der Waals surface area contributed by atoms with Crippen molar-refractivity contribution in [2.45, 2.75) is 26.3 Å². The van der Waals surface area contributed by atoms with E-state index in [1.54, 1.807) is 19.2 Å². The standard InChI is InChI=1S/C18H20N2O3S/c1-3-23-18(22)16(11-14-7-5-4-6-8-14)20-17(21)10-9-15-12-19-13(2)24-15/h4-10,12,16H,3,11H2,1-2H3,(H,20,21)/b10-9-/t16-/m1/s1. The van der Waals surface area contributed by atoms with Gasteiger partial charge in [-0.2, -0.15) is 0 Å². The normalized spacial score (nSPS) is 12.1. The third-order valence-corrected chi connectivity index (χ3v) is 4.09. The molecule has 0 fully saturated rings. The van der Waals surface area contributed by atoms with Crippen molar-refractivity contribution >= 4 is 29.3 Å². The maximum absolute atomic E-state index is 12.1. The molecule has 0 radical (unpaired) electrons. The predicted octanol–water partition coefficient (Wildman–Crippen LogP) is 2.76. The maximum atomic E-state index is 12.1. The van der Waals surface area contributed by atoms with Crippen molar-refractivity contribution < 1.29 is 14.3 Å². The first-order chi connectivity index (χ1) is 11.6. The van der Waals surface area contributed by atoms with Crippen LogP contribution in [0.1, 0.15) is 22.4 Å². The molecule has 0 bridgehead atoms. The summed E-state index contributed by atoms with van der Waals surface area (Å²) in [5.74, 6) is -0.772. The summed E-state index contributed by atoms with van der Waals surface area (Å²) in [7, 11) is 0. The van der Waals surface area contributed by atoms with Crippen LogP contribution >= 0.6 is 11.3 Å². The predicted molar refractivity (Wildman–Crippen MR) is 94.6 cm³/mol. The van der Waals surface area contributed by atoms with Crippen molar-refractivity contribution in [3.63, 3.8) is 0 Å². The number of amides is 1. The summed E-state index contributed by atoms with van der Waals surface area (Å²) in [6, 6.07) is 8.80. The lowest BCUT2D eigenvalue weighted by Crippen LogP contribution is -2.42. The first-order valence-electron chi connectivity index (χ1n) is 7.70. The summed E-state index contributed by atoms with van der Waals surface area (Å²) in [5, 5.41) is 3.64. The second-order valence-corrected chi connectivity index (χ2v) is 6.38. The Morgan fingerprint density at radius 1 is 1.33 bits per heavy atom. The van der Waals surface area contributed by atoms with Crippen LogP contribution in [0.5, 0.6) is 0 Å². The summed E-state index contributed by atoms with van der Waals surface area (Å²) in [4.78, 5) is 29.2. The summed E-state index contributed by atoms with van der Waals surface area (Å²) < 4.78 is 5.06. The molecule has 1 heterocycles. The average molecular weight is 344 g/mol. The second-order valence-electron chi connectivity index (χ2n) is 5.12. The van der Waals surface area contributed by atoms with Gasteiger partial charge >= 0.3 is 5.97 Å². The van der Waals surface area contributed by atoms with Gasteiger partial charge in [0.05, 0.1) is 11.6 Å². The number of carbonyl (C=O) groups is 2. The highest BCUT2D eigenvalue weighted by molar-refractivity contribution is 7.12. The number of benzene rings is 1. The molecule has 0 aliphatic heterocycles. The van der Waals surface area contributed by atoms with Crippen LogP contribution in [0.2, 0.25) is 0 Å². The fraction of sp³-hybridized carbons (Fsp3) is 0.278. The lowest BCUT2D eigenvalue weighted by atomic mass is 10.1. The van der Waals surface area contributed by atoms with E-state index < -0.39 is 12.0 Å². The van der Waals surface area contributed by atoms with Crippen LogP contribution in [-0.4, -0.2) is 29.5 Å². The van der Waals surface area contributed by atoms with Gasteiger partial charge in [0.15, 0.2) is 0 Å². The van der Waals surface area contributed by atoms with Crippen molar-refractivity contribution in [2.24, 2.45) is 0 Å². The highest BCUT2D eigenvalue weighted by Gasteiger charge is 2.21. The first kappa shape index (κ1) is 17.9. The van der Waals surface area contributed by atoms with Crippen LogP contribution in [0.25, 0.3) is 6.08 Å². The summed E-state index contributed by atoms with van der Waals surface area (Å²) >= 11 is 1.50. The Hall–Kier alpha value is -2.47. The topological polar surface area (TPSA) is 68.3 Å². The Bertz CT molecular complexity index is 710. The highest BCUT2D eigenvalue weighted by Crippen LogP contribution is 2.13. The molecule has 0 unspecified atom stereocenters. The Kier molecular flexibility index (Phi) is 6.69. The van der Waals surface area contributed by atoms with Gasteiger partial charge in [-0.3, -0.25) is 4.79 Å². The smallest absolute Gasteiger partial charge is 0.328 e. The molecule has 1 atom stereocenters. The third kappa shape index (κ3) is 5.62. The van der Waals surface area contributed by atoms with Gasteiger partial charge in [-0.1, -0.05) is 30.3 Å². The number of hydrogen-bond acceptors (Lipinski definition) is 5. The fourth-order valence-corrected chi connectivity index (χ4v) is 2.81. The number of thiazole rings is 1. The highest BCUT2D eigenvalue weighted by atomic mass is 32.1. The zero-order valence-corrected chi connectivity index (χ0v) is 14.5.